The number of amidine groups is 1. The highest BCUT2D eigenvalue weighted by molar-refractivity contribution is 6.07. The van der Waals surface area contributed by atoms with Gasteiger partial charge in [0, 0.05) is 25.3 Å². The van der Waals surface area contributed by atoms with Crippen molar-refractivity contribution in [2.45, 2.75) is 25.8 Å². The van der Waals surface area contributed by atoms with Gasteiger partial charge in [-0.1, -0.05) is 29.4 Å². The first kappa shape index (κ1) is 22.4. The Morgan fingerprint density at radius 1 is 1.08 bits per heavy atom. The summed E-state index contributed by atoms with van der Waals surface area (Å²) in [5, 5.41) is 9.01. The summed E-state index contributed by atoms with van der Waals surface area (Å²) in [5.74, 6) is 0.0167. The van der Waals surface area contributed by atoms with Crippen molar-refractivity contribution in [3.63, 3.8) is 0 Å². The molecule has 3 aromatic rings. The molecule has 6 rings (SSSR count). The number of amides is 1. The van der Waals surface area contributed by atoms with Crippen LogP contribution in [0.25, 0.3) is 17.0 Å². The minimum Gasteiger partial charge on any atom is -0.354 e. The fourth-order valence-electron chi connectivity index (χ4n) is 4.89. The third kappa shape index (κ3) is 4.01. The van der Waals surface area contributed by atoms with Crippen LogP contribution in [0.5, 0.6) is 0 Å². The van der Waals surface area contributed by atoms with Crippen molar-refractivity contribution < 1.29 is 13.7 Å². The van der Waals surface area contributed by atoms with Gasteiger partial charge in [0.25, 0.3) is 5.91 Å². The fourth-order valence-corrected chi connectivity index (χ4v) is 4.89. The van der Waals surface area contributed by atoms with Gasteiger partial charge in [-0.15, -0.1) is 0 Å². The number of fused-ring (bicyclic) bond motifs is 2. The second kappa shape index (κ2) is 9.16. The molecule has 1 fully saturated rings. The molecule has 0 N–H and O–H groups in total. The standard InChI is InChI=1S/C27H25FN6O2/c1-18-12-15-32(17-29-18)23-10-6-19(22-16-30-36-26(22)23)7-11-24-31-27(35)25(20-4-8-21(28)9-5-20)34-14-3-2-13-33(24)34/h4-12,16-17,25H,2-3,13-15H2,1H3/b11-7+. The molecule has 9 heteroatoms. The molecule has 0 radical (unpaired) electrons. The van der Waals surface area contributed by atoms with E-state index in [1.54, 1.807) is 24.7 Å². The molecule has 1 amide bonds. The van der Waals surface area contributed by atoms with Crippen molar-refractivity contribution in [1.82, 2.24) is 15.2 Å². The number of carbonyl (C=O) groups excluding carboxylic acids is 1. The molecule has 1 atom stereocenters. The Hall–Kier alpha value is -4.11. The first-order valence-corrected chi connectivity index (χ1v) is 12.0. The number of hydrazine groups is 1. The van der Waals surface area contributed by atoms with Crippen molar-refractivity contribution >= 4 is 40.8 Å². The number of anilines is 1. The van der Waals surface area contributed by atoms with Crippen LogP contribution in [0.1, 0.15) is 36.9 Å². The number of carbonyl (C=O) groups is 1. The highest BCUT2D eigenvalue weighted by Gasteiger charge is 2.38. The van der Waals surface area contributed by atoms with Gasteiger partial charge >= 0.3 is 0 Å². The van der Waals surface area contributed by atoms with E-state index in [-0.39, 0.29) is 11.7 Å². The average molecular weight is 485 g/mol. The molecule has 4 heterocycles. The zero-order valence-corrected chi connectivity index (χ0v) is 19.8. The van der Waals surface area contributed by atoms with Crippen molar-refractivity contribution in [2.75, 3.05) is 24.5 Å². The van der Waals surface area contributed by atoms with Crippen LogP contribution >= 0.6 is 0 Å². The van der Waals surface area contributed by atoms with Crippen LogP contribution in [0.2, 0.25) is 0 Å². The average Bonchev–Trinajstić information content (AvgIpc) is 3.39. The van der Waals surface area contributed by atoms with Crippen molar-refractivity contribution in [1.29, 1.82) is 0 Å². The van der Waals surface area contributed by atoms with E-state index in [9.17, 15) is 9.18 Å². The monoisotopic (exact) mass is 484 g/mol. The Balaban J connectivity index is 1.31. The molecule has 8 nitrogen and oxygen atoms in total. The Labute approximate surface area is 207 Å². The fraction of sp³-hybridized carbons (Fsp3) is 0.259. The van der Waals surface area contributed by atoms with E-state index in [2.05, 4.69) is 31.2 Å². The number of rotatable bonds is 4. The number of nitrogens with zero attached hydrogens (tertiary/aromatic N) is 6. The van der Waals surface area contributed by atoms with Crippen LogP contribution < -0.4 is 4.90 Å². The Bertz CT molecular complexity index is 1440. The quantitative estimate of drug-likeness (QED) is 0.533. The van der Waals surface area contributed by atoms with Crippen LogP contribution in [0.4, 0.5) is 10.1 Å². The van der Waals surface area contributed by atoms with E-state index in [4.69, 9.17) is 4.52 Å². The lowest BCUT2D eigenvalue weighted by Gasteiger charge is -2.45. The van der Waals surface area contributed by atoms with E-state index in [1.807, 2.05) is 36.1 Å². The number of hydrogen-bond acceptors (Lipinski definition) is 7. The summed E-state index contributed by atoms with van der Waals surface area (Å²) in [5.41, 5.74) is 4.20. The highest BCUT2D eigenvalue weighted by atomic mass is 19.1. The van der Waals surface area contributed by atoms with Crippen LogP contribution in [0.15, 0.2) is 75.0 Å². The van der Waals surface area contributed by atoms with E-state index in [0.717, 1.165) is 53.8 Å². The predicted octanol–water partition coefficient (Wildman–Crippen LogP) is 4.73. The highest BCUT2D eigenvalue weighted by Crippen LogP contribution is 2.33. The maximum absolute atomic E-state index is 13.5. The first-order valence-electron chi connectivity index (χ1n) is 12.0. The van der Waals surface area contributed by atoms with E-state index in [0.29, 0.717) is 18.0 Å². The maximum Gasteiger partial charge on any atom is 0.271 e. The number of aliphatic imine (C=N–C) groups is 2. The summed E-state index contributed by atoms with van der Waals surface area (Å²) >= 11 is 0. The molecule has 2 aromatic carbocycles. The molecule has 3 aliphatic heterocycles. The SMILES string of the molecule is CC1=CCN(c2ccc(/C=C/C3=NC(=O)C(c4ccc(F)cc4)N4CCCCN34)c3cnoc23)C=N1. The summed E-state index contributed by atoms with van der Waals surface area (Å²) in [6.45, 7) is 4.17. The number of aromatic nitrogens is 1. The number of benzene rings is 2. The third-order valence-corrected chi connectivity index (χ3v) is 6.76. The zero-order valence-electron chi connectivity index (χ0n) is 19.8. The largest absolute Gasteiger partial charge is 0.354 e. The minimum absolute atomic E-state index is 0.252. The summed E-state index contributed by atoms with van der Waals surface area (Å²) in [4.78, 5) is 24.0. The van der Waals surface area contributed by atoms with Gasteiger partial charge in [-0.25, -0.2) is 14.4 Å². The molecule has 0 aliphatic carbocycles. The van der Waals surface area contributed by atoms with Gasteiger partial charge in [-0.2, -0.15) is 4.99 Å². The maximum atomic E-state index is 13.5. The molecule has 1 saturated heterocycles. The second-order valence-electron chi connectivity index (χ2n) is 9.07. The van der Waals surface area contributed by atoms with E-state index < -0.39 is 6.04 Å². The molecule has 0 saturated carbocycles. The van der Waals surface area contributed by atoms with Gasteiger partial charge in [0.15, 0.2) is 5.58 Å². The van der Waals surface area contributed by atoms with Gasteiger partial charge in [0.05, 0.1) is 23.6 Å². The molecule has 1 unspecified atom stereocenters. The number of hydrogen-bond donors (Lipinski definition) is 0. The topological polar surface area (TPSA) is 77.5 Å². The number of allylic oxidation sites excluding steroid dienone is 1. The van der Waals surface area contributed by atoms with Gasteiger partial charge in [-0.05, 0) is 61.2 Å². The van der Waals surface area contributed by atoms with E-state index in [1.165, 1.54) is 12.1 Å². The normalized spacial score (nSPS) is 20.7. The summed E-state index contributed by atoms with van der Waals surface area (Å²) in [6.07, 6.45) is 11.3. The molecule has 3 aliphatic rings. The van der Waals surface area contributed by atoms with Gasteiger partial charge in [-0.3, -0.25) is 9.80 Å². The van der Waals surface area contributed by atoms with Crippen molar-refractivity contribution in [3.8, 4) is 0 Å². The molecular weight excluding hydrogens is 459 g/mol. The molecule has 182 valence electrons. The van der Waals surface area contributed by atoms with Crippen LogP contribution in [0.3, 0.4) is 0 Å². The molecule has 36 heavy (non-hydrogen) atoms. The zero-order chi connectivity index (χ0) is 24.6. The van der Waals surface area contributed by atoms with Crippen LogP contribution in [0, 0.1) is 5.82 Å². The van der Waals surface area contributed by atoms with Gasteiger partial charge in [0.1, 0.15) is 17.7 Å². The molecule has 0 bridgehead atoms. The van der Waals surface area contributed by atoms with Crippen LogP contribution in [-0.2, 0) is 4.79 Å². The summed E-state index contributed by atoms with van der Waals surface area (Å²) < 4.78 is 19.1. The Kier molecular flexibility index (Phi) is 5.69. The Morgan fingerprint density at radius 3 is 2.72 bits per heavy atom. The predicted molar refractivity (Wildman–Crippen MR) is 137 cm³/mol. The second-order valence-corrected chi connectivity index (χ2v) is 9.07. The lowest BCUT2D eigenvalue weighted by molar-refractivity contribution is -0.134. The third-order valence-electron chi connectivity index (χ3n) is 6.76. The lowest BCUT2D eigenvalue weighted by atomic mass is 10.0. The first-order chi connectivity index (χ1) is 17.6. The van der Waals surface area contributed by atoms with Gasteiger partial charge in [0.2, 0.25) is 0 Å². The Morgan fingerprint density at radius 2 is 1.92 bits per heavy atom. The van der Waals surface area contributed by atoms with Crippen molar-refractivity contribution in [3.05, 3.63) is 77.4 Å². The summed E-state index contributed by atoms with van der Waals surface area (Å²) in [6, 6.07) is 9.54. The van der Waals surface area contributed by atoms with Crippen molar-refractivity contribution in [2.24, 2.45) is 9.98 Å². The molecule has 0 spiro atoms. The molecule has 1 aromatic heterocycles. The van der Waals surface area contributed by atoms with Crippen LogP contribution in [-0.4, -0.2) is 52.9 Å². The minimum atomic E-state index is -0.545. The lowest BCUT2D eigenvalue weighted by Crippen LogP contribution is -2.56. The van der Waals surface area contributed by atoms with Gasteiger partial charge < -0.3 is 9.42 Å². The number of halogens is 1. The summed E-state index contributed by atoms with van der Waals surface area (Å²) in [7, 11) is 0. The van der Waals surface area contributed by atoms with E-state index >= 15 is 0 Å². The smallest absolute Gasteiger partial charge is 0.271 e. The molecular formula is C27H25FN6O2.